The van der Waals surface area contributed by atoms with Gasteiger partial charge in [-0.2, -0.15) is 11.8 Å². The van der Waals surface area contributed by atoms with Crippen LogP contribution in [0, 0.1) is 5.92 Å². The van der Waals surface area contributed by atoms with E-state index >= 15 is 0 Å². The zero-order valence-corrected chi connectivity index (χ0v) is 17.3. The van der Waals surface area contributed by atoms with Crippen LogP contribution in [0.1, 0.15) is 51.4 Å². The fourth-order valence-corrected chi connectivity index (χ4v) is 5.56. The van der Waals surface area contributed by atoms with Gasteiger partial charge < -0.3 is 11.1 Å². The summed E-state index contributed by atoms with van der Waals surface area (Å²) in [5.74, 6) is -0.806. The third-order valence-electron chi connectivity index (χ3n) is 6.25. The van der Waals surface area contributed by atoms with Crippen molar-refractivity contribution in [2.45, 2.75) is 68.3 Å². The highest BCUT2D eigenvalue weighted by molar-refractivity contribution is 8.00. The third-order valence-corrected chi connectivity index (χ3v) is 7.64. The van der Waals surface area contributed by atoms with Gasteiger partial charge in [-0.25, -0.2) is 13.8 Å². The summed E-state index contributed by atoms with van der Waals surface area (Å²) in [6, 6.07) is 0.237. The molecule has 4 rings (SSSR count). The fourth-order valence-electron chi connectivity index (χ4n) is 4.46. The largest absolute Gasteiger partial charge is 0.328 e. The molecule has 1 unspecified atom stereocenters. The Morgan fingerprint density at radius 2 is 1.97 bits per heavy atom. The minimum atomic E-state index is -1.23. The Balaban J connectivity index is 1.42. The second kappa shape index (κ2) is 8.68. The number of carbonyl (C=O) groups is 1. The molecule has 2 fully saturated rings. The summed E-state index contributed by atoms with van der Waals surface area (Å²) in [4.78, 5) is 21.6. The summed E-state index contributed by atoms with van der Waals surface area (Å²) in [6.45, 7) is 0.0759. The quantitative estimate of drug-likeness (QED) is 0.710. The van der Waals surface area contributed by atoms with Gasteiger partial charge in [-0.05, 0) is 50.7 Å². The van der Waals surface area contributed by atoms with Crippen molar-refractivity contribution in [3.8, 4) is 0 Å². The molecule has 4 aliphatic rings. The molecule has 1 amide bonds. The van der Waals surface area contributed by atoms with E-state index in [1.54, 1.807) is 17.8 Å². The molecule has 1 heterocycles. The Bertz CT molecular complexity index is 778. The van der Waals surface area contributed by atoms with Gasteiger partial charge in [0.2, 0.25) is 5.91 Å². The Labute approximate surface area is 174 Å². The lowest BCUT2D eigenvalue weighted by atomic mass is 9.86. The van der Waals surface area contributed by atoms with E-state index in [2.05, 4.69) is 15.3 Å². The number of thioether (sulfide) groups is 1. The molecule has 29 heavy (non-hydrogen) atoms. The number of rotatable bonds is 5. The maximum atomic E-state index is 14.6. The number of hydrogen-bond donors (Lipinski definition) is 2. The summed E-state index contributed by atoms with van der Waals surface area (Å²) < 4.78 is 28.8. The summed E-state index contributed by atoms with van der Waals surface area (Å²) in [6.07, 6.45) is 9.97. The fraction of sp³-hybridized carbons (Fsp3) is 0.667. The molecule has 1 atom stereocenters. The number of hydrogen-bond acceptors (Lipinski definition) is 5. The first kappa shape index (κ1) is 20.7. The lowest BCUT2D eigenvalue weighted by Crippen LogP contribution is -2.43. The number of allylic oxidation sites excluding steroid dienone is 2. The van der Waals surface area contributed by atoms with Gasteiger partial charge in [-0.15, -0.1) is 0 Å². The average Bonchev–Trinajstić information content (AvgIpc) is 3.20. The number of nitrogens with two attached hydrogens (primary N) is 1. The van der Waals surface area contributed by atoms with Gasteiger partial charge in [0, 0.05) is 11.8 Å². The first-order valence-electron chi connectivity index (χ1n) is 10.5. The van der Waals surface area contributed by atoms with Crippen molar-refractivity contribution in [3.05, 3.63) is 23.7 Å². The summed E-state index contributed by atoms with van der Waals surface area (Å²) in [7, 11) is 0. The van der Waals surface area contributed by atoms with Gasteiger partial charge in [0.25, 0.3) is 0 Å². The van der Waals surface area contributed by atoms with E-state index < -0.39 is 17.4 Å². The van der Waals surface area contributed by atoms with E-state index in [4.69, 9.17) is 5.73 Å². The van der Waals surface area contributed by atoms with E-state index in [0.717, 1.165) is 38.5 Å². The molecule has 0 bridgehead atoms. The zero-order valence-electron chi connectivity index (χ0n) is 16.5. The van der Waals surface area contributed by atoms with Crippen LogP contribution < -0.4 is 11.1 Å². The van der Waals surface area contributed by atoms with E-state index in [9.17, 15) is 13.6 Å². The number of aliphatic imine (C=N–C) groups is 2. The minimum absolute atomic E-state index is 0.0759. The van der Waals surface area contributed by atoms with Crippen LogP contribution in [0.25, 0.3) is 0 Å². The second-order valence-electron chi connectivity index (χ2n) is 8.44. The normalized spacial score (nSPS) is 34.4. The Hall–Kier alpha value is -1.54. The molecule has 1 aliphatic heterocycles. The second-order valence-corrected chi connectivity index (χ2v) is 9.73. The molecular formula is C21H28F2N4OS. The van der Waals surface area contributed by atoms with Crippen molar-refractivity contribution in [1.82, 2.24) is 5.32 Å². The molecule has 2 saturated carbocycles. The lowest BCUT2D eigenvalue weighted by molar-refractivity contribution is -0.122. The van der Waals surface area contributed by atoms with Crippen LogP contribution in [0.5, 0.6) is 0 Å². The molecule has 0 aromatic heterocycles. The molecule has 5 nitrogen and oxygen atoms in total. The molecule has 0 aromatic carbocycles. The molecule has 8 heteroatoms. The van der Waals surface area contributed by atoms with Crippen LogP contribution >= 0.6 is 11.8 Å². The van der Waals surface area contributed by atoms with E-state index in [1.165, 1.54) is 6.08 Å². The highest BCUT2D eigenvalue weighted by Gasteiger charge is 2.37. The third kappa shape index (κ3) is 4.79. The lowest BCUT2D eigenvalue weighted by Gasteiger charge is -2.33. The average molecular weight is 423 g/mol. The number of nitrogens with one attached hydrogen (secondary N) is 1. The number of nitrogens with zero attached hydrogens (tertiary/aromatic N) is 2. The Morgan fingerprint density at radius 3 is 2.66 bits per heavy atom. The van der Waals surface area contributed by atoms with Crippen LogP contribution in [0.3, 0.4) is 0 Å². The van der Waals surface area contributed by atoms with Crippen LogP contribution in [0.15, 0.2) is 33.7 Å². The number of halogens is 2. The van der Waals surface area contributed by atoms with E-state index in [1.807, 2.05) is 0 Å². The molecule has 0 spiro atoms. The predicted molar refractivity (Wildman–Crippen MR) is 114 cm³/mol. The topological polar surface area (TPSA) is 79.8 Å². The highest BCUT2D eigenvalue weighted by atomic mass is 32.2. The molecule has 0 saturated heterocycles. The van der Waals surface area contributed by atoms with Crippen molar-refractivity contribution in [1.29, 1.82) is 0 Å². The summed E-state index contributed by atoms with van der Waals surface area (Å²) >= 11 is 1.67. The molecule has 0 aromatic rings. The van der Waals surface area contributed by atoms with E-state index in [-0.39, 0.29) is 18.5 Å². The van der Waals surface area contributed by atoms with Crippen LogP contribution in [0.4, 0.5) is 8.78 Å². The SMILES string of the molecule is NCC1(F)CCC(SCC2=NC3=CC(=NC4CCCC4)C=C(F)C3C(=O)N2)CC1. The van der Waals surface area contributed by atoms with Crippen LogP contribution in [-0.2, 0) is 4.79 Å². The van der Waals surface area contributed by atoms with Crippen molar-refractivity contribution in [2.24, 2.45) is 21.6 Å². The first-order chi connectivity index (χ1) is 14.0. The van der Waals surface area contributed by atoms with Crippen molar-refractivity contribution in [3.63, 3.8) is 0 Å². The van der Waals surface area contributed by atoms with Crippen molar-refractivity contribution < 1.29 is 13.6 Å². The summed E-state index contributed by atoms with van der Waals surface area (Å²) in [5.41, 5.74) is 5.29. The molecular weight excluding hydrogens is 394 g/mol. The zero-order chi connectivity index (χ0) is 20.4. The van der Waals surface area contributed by atoms with Gasteiger partial charge in [0.1, 0.15) is 23.2 Å². The number of alkyl halides is 1. The smallest absolute Gasteiger partial charge is 0.241 e. The highest BCUT2D eigenvalue weighted by Crippen LogP contribution is 2.37. The van der Waals surface area contributed by atoms with Crippen molar-refractivity contribution >= 4 is 29.2 Å². The standard InChI is InChI=1S/C21H28F2N4OS/c22-16-9-14(25-13-3-1-2-4-13)10-17-19(16)20(28)27-18(26-17)11-29-15-5-7-21(23,12-24)8-6-15/h9-10,13,15,19H,1-8,11-12,24H2,(H,26,27,28). The van der Waals surface area contributed by atoms with Gasteiger partial charge in [-0.3, -0.25) is 9.79 Å². The molecule has 3 N–H and O–H groups in total. The number of amides is 1. The summed E-state index contributed by atoms with van der Waals surface area (Å²) in [5, 5.41) is 3.05. The van der Waals surface area contributed by atoms with Gasteiger partial charge in [-0.1, -0.05) is 12.8 Å². The van der Waals surface area contributed by atoms with E-state index in [0.29, 0.717) is 41.1 Å². The first-order valence-corrected chi connectivity index (χ1v) is 11.6. The van der Waals surface area contributed by atoms with Crippen molar-refractivity contribution in [2.75, 3.05) is 12.3 Å². The number of fused-ring (bicyclic) bond motifs is 1. The minimum Gasteiger partial charge on any atom is -0.328 e. The monoisotopic (exact) mass is 422 g/mol. The van der Waals surface area contributed by atoms with Crippen LogP contribution in [-0.4, -0.2) is 46.7 Å². The number of carbonyl (C=O) groups excluding carboxylic acids is 1. The molecule has 158 valence electrons. The maximum absolute atomic E-state index is 14.6. The molecule has 3 aliphatic carbocycles. The Morgan fingerprint density at radius 1 is 1.24 bits per heavy atom. The van der Waals surface area contributed by atoms with Gasteiger partial charge in [0.15, 0.2) is 0 Å². The van der Waals surface area contributed by atoms with Gasteiger partial charge in [0.05, 0.1) is 23.2 Å². The Kier molecular flexibility index (Phi) is 6.20. The van der Waals surface area contributed by atoms with Crippen LogP contribution in [0.2, 0.25) is 0 Å². The maximum Gasteiger partial charge on any atom is 0.241 e. The molecule has 0 radical (unpaired) electrons. The predicted octanol–water partition coefficient (Wildman–Crippen LogP) is 3.61. The number of amidine groups is 1. The van der Waals surface area contributed by atoms with Gasteiger partial charge >= 0.3 is 0 Å².